The Hall–Kier alpha value is -7.65. The summed E-state index contributed by atoms with van der Waals surface area (Å²) in [6.07, 6.45) is 1.85. The van der Waals surface area contributed by atoms with E-state index < -0.39 is 0 Å². The first kappa shape index (κ1) is 39.5. The number of benzene rings is 6. The van der Waals surface area contributed by atoms with Gasteiger partial charge in [-0.05, 0) is 125 Å². The van der Waals surface area contributed by atoms with E-state index in [2.05, 4.69) is 72.8 Å². The molecule has 3 aromatic heterocycles. The number of rotatable bonds is 12. The molecule has 0 fully saturated rings. The number of hydrogen-bond acceptors (Lipinski definition) is 9. The molecule has 0 saturated heterocycles. The highest BCUT2D eigenvalue weighted by molar-refractivity contribution is 5.80. The van der Waals surface area contributed by atoms with E-state index in [1.807, 2.05) is 72.8 Å². The summed E-state index contributed by atoms with van der Waals surface area (Å²) in [6.45, 7) is 0.853. The van der Waals surface area contributed by atoms with E-state index in [-0.39, 0.29) is 19.8 Å². The third kappa shape index (κ3) is 8.38. The van der Waals surface area contributed by atoms with Gasteiger partial charge in [0.25, 0.3) is 0 Å². The first-order chi connectivity index (χ1) is 31.0. The zero-order chi connectivity index (χ0) is 42.7. The molecule has 0 amide bonds. The first-order valence-electron chi connectivity index (χ1n) is 21.0. The zero-order valence-electron chi connectivity index (χ0n) is 35.4. The lowest BCUT2D eigenvalue weighted by molar-refractivity contribution is 0.280. The van der Waals surface area contributed by atoms with E-state index >= 15 is 0 Å². The molecule has 0 saturated carbocycles. The van der Waals surface area contributed by atoms with E-state index in [1.54, 1.807) is 21.3 Å². The van der Waals surface area contributed by atoms with Crippen molar-refractivity contribution < 1.29 is 28.4 Å². The average Bonchev–Trinajstić information content (AvgIpc) is 3.38. The van der Waals surface area contributed by atoms with Crippen molar-refractivity contribution in [2.75, 3.05) is 21.3 Å². The van der Waals surface area contributed by atoms with Crippen LogP contribution in [0.1, 0.15) is 50.5 Å². The van der Waals surface area contributed by atoms with Crippen molar-refractivity contribution >= 4 is 32.7 Å². The van der Waals surface area contributed by atoms with Crippen LogP contribution in [0.5, 0.6) is 34.5 Å². The van der Waals surface area contributed by atoms with Crippen molar-refractivity contribution in [3.05, 3.63) is 196 Å². The van der Waals surface area contributed by atoms with Crippen molar-refractivity contribution in [2.45, 2.75) is 39.1 Å². The molecular formula is C54H45N3O6. The Kier molecular flexibility index (Phi) is 10.9. The Morgan fingerprint density at radius 3 is 0.889 bits per heavy atom. The van der Waals surface area contributed by atoms with Crippen LogP contribution in [-0.4, -0.2) is 36.3 Å². The number of pyridine rings is 3. The van der Waals surface area contributed by atoms with Gasteiger partial charge in [0, 0.05) is 16.2 Å². The van der Waals surface area contributed by atoms with Gasteiger partial charge in [-0.25, -0.2) is 15.0 Å². The number of aromatic nitrogens is 3. The molecule has 10 rings (SSSR count). The third-order valence-electron chi connectivity index (χ3n) is 11.7. The van der Waals surface area contributed by atoms with Gasteiger partial charge in [-0.3, -0.25) is 0 Å². The number of nitrogens with zero attached hydrogens (tertiary/aromatic N) is 3. The third-order valence-corrected chi connectivity index (χ3v) is 11.7. The smallest absolute Gasteiger partial charge is 0.162 e. The minimum atomic E-state index is 0.284. The quantitative estimate of drug-likeness (QED) is 0.119. The predicted molar refractivity (Wildman–Crippen MR) is 246 cm³/mol. The molecule has 9 heteroatoms. The summed E-state index contributed by atoms with van der Waals surface area (Å²) in [7, 11) is 5.04. The lowest BCUT2D eigenvalue weighted by Crippen LogP contribution is -2.05. The van der Waals surface area contributed by atoms with Crippen molar-refractivity contribution in [3.63, 3.8) is 0 Å². The summed E-state index contributed by atoms with van der Waals surface area (Å²) < 4.78 is 37.6. The van der Waals surface area contributed by atoms with Crippen LogP contribution in [0, 0.1) is 0 Å². The number of ether oxygens (including phenoxy) is 6. The minimum absolute atomic E-state index is 0.284. The first-order valence-corrected chi connectivity index (χ1v) is 21.0. The fourth-order valence-corrected chi connectivity index (χ4v) is 8.37. The van der Waals surface area contributed by atoms with Crippen molar-refractivity contribution in [3.8, 4) is 34.5 Å². The van der Waals surface area contributed by atoms with Gasteiger partial charge in [-0.15, -0.1) is 0 Å². The van der Waals surface area contributed by atoms with Crippen LogP contribution in [0.25, 0.3) is 32.7 Å². The van der Waals surface area contributed by atoms with Gasteiger partial charge < -0.3 is 28.4 Å². The van der Waals surface area contributed by atoms with Gasteiger partial charge in [0.1, 0.15) is 19.8 Å². The second-order valence-electron chi connectivity index (χ2n) is 15.7. The van der Waals surface area contributed by atoms with E-state index in [1.165, 1.54) is 0 Å². The average molecular weight is 832 g/mol. The molecule has 0 spiro atoms. The van der Waals surface area contributed by atoms with Gasteiger partial charge in [0.15, 0.2) is 34.5 Å². The molecule has 1 aliphatic rings. The van der Waals surface area contributed by atoms with Crippen molar-refractivity contribution in [1.82, 2.24) is 15.0 Å². The molecule has 6 aromatic carbocycles. The highest BCUT2D eigenvalue weighted by Gasteiger charge is 2.23. The second-order valence-corrected chi connectivity index (χ2v) is 15.7. The summed E-state index contributed by atoms with van der Waals surface area (Å²) >= 11 is 0. The van der Waals surface area contributed by atoms with Crippen molar-refractivity contribution in [2.24, 2.45) is 0 Å². The summed E-state index contributed by atoms with van der Waals surface area (Å²) in [5.74, 6) is 3.86. The van der Waals surface area contributed by atoms with Crippen LogP contribution < -0.4 is 28.4 Å². The Morgan fingerprint density at radius 1 is 0.333 bits per heavy atom. The fraction of sp³-hybridized carbons (Fsp3) is 0.167. The topological polar surface area (TPSA) is 94.1 Å². The molecule has 312 valence electrons. The van der Waals surface area contributed by atoms with E-state index in [0.717, 1.165) is 83.2 Å². The summed E-state index contributed by atoms with van der Waals surface area (Å²) in [5, 5.41) is 3.25. The van der Waals surface area contributed by atoms with Crippen LogP contribution >= 0.6 is 0 Å². The summed E-state index contributed by atoms with van der Waals surface area (Å²) in [6, 6.07) is 49.1. The van der Waals surface area contributed by atoms with Crippen LogP contribution in [-0.2, 0) is 39.1 Å². The number of methoxy groups -OCH3 is 3. The lowest BCUT2D eigenvalue weighted by atomic mass is 9.94. The number of hydrogen-bond donors (Lipinski definition) is 0. The molecule has 0 N–H and O–H groups in total. The predicted octanol–water partition coefficient (Wildman–Crippen LogP) is 11.2. The summed E-state index contributed by atoms with van der Waals surface area (Å²) in [5.41, 5.74) is 11.9. The van der Waals surface area contributed by atoms with Crippen LogP contribution in [0.15, 0.2) is 146 Å². The maximum Gasteiger partial charge on any atom is 0.162 e. The molecule has 9 nitrogen and oxygen atoms in total. The van der Waals surface area contributed by atoms with E-state index in [9.17, 15) is 0 Å². The fourth-order valence-electron chi connectivity index (χ4n) is 8.37. The van der Waals surface area contributed by atoms with Gasteiger partial charge in [-0.1, -0.05) is 72.8 Å². The SMILES string of the molecule is COc1cc2c(cc1OCc1ccc3ccccc3n1)Cc1cc(OC)c(OCc3ccc4ccccc4n3)cc1Cc1cc(OC)c(OCc3ccc4ccccc4n3)cc1C2. The zero-order valence-corrected chi connectivity index (χ0v) is 35.4. The normalized spacial score (nSPS) is 12.0. The monoisotopic (exact) mass is 831 g/mol. The molecule has 0 bridgehead atoms. The molecule has 0 radical (unpaired) electrons. The second kappa shape index (κ2) is 17.4. The molecule has 0 unspecified atom stereocenters. The Labute approximate surface area is 365 Å². The molecule has 0 atom stereocenters. The van der Waals surface area contributed by atoms with E-state index in [0.29, 0.717) is 53.8 Å². The number of para-hydroxylation sites is 3. The van der Waals surface area contributed by atoms with Crippen LogP contribution in [0.3, 0.4) is 0 Å². The van der Waals surface area contributed by atoms with Gasteiger partial charge in [0.2, 0.25) is 0 Å². The maximum atomic E-state index is 6.52. The highest BCUT2D eigenvalue weighted by atomic mass is 16.5. The molecule has 9 aromatic rings. The maximum absolute atomic E-state index is 6.52. The van der Waals surface area contributed by atoms with Crippen LogP contribution in [0.4, 0.5) is 0 Å². The molecule has 63 heavy (non-hydrogen) atoms. The molecular weight excluding hydrogens is 787 g/mol. The highest BCUT2D eigenvalue weighted by Crippen LogP contribution is 2.41. The number of fused-ring (bicyclic) bond motifs is 6. The van der Waals surface area contributed by atoms with Gasteiger partial charge >= 0.3 is 0 Å². The Bertz CT molecular complexity index is 2810. The van der Waals surface area contributed by atoms with E-state index in [4.69, 9.17) is 43.4 Å². The Morgan fingerprint density at radius 2 is 0.603 bits per heavy atom. The summed E-state index contributed by atoms with van der Waals surface area (Å²) in [4.78, 5) is 14.6. The molecule has 3 heterocycles. The minimum Gasteiger partial charge on any atom is -0.493 e. The van der Waals surface area contributed by atoms with Gasteiger partial charge in [-0.2, -0.15) is 0 Å². The van der Waals surface area contributed by atoms with Crippen LogP contribution in [0.2, 0.25) is 0 Å². The molecule has 0 aliphatic heterocycles. The van der Waals surface area contributed by atoms with Gasteiger partial charge in [0.05, 0.1) is 55.0 Å². The molecule has 1 aliphatic carbocycles. The van der Waals surface area contributed by atoms with Crippen molar-refractivity contribution in [1.29, 1.82) is 0 Å². The standard InChI is InChI=1S/C54H45N3O6/c1-58-49-25-37-22-41-29-53(62-32-44-20-17-35-11-5-8-14-47(35)56-44)51(60-3)27-39(41)24-42-30-54(63-33-45-21-18-36-12-6-9-15-48(36)57-45)50(59-2)26-38(42)23-40(37)28-52(49)61-31-43-19-16-34-10-4-7-13-46(34)55-43/h4-21,25-30H,22-24,31-33H2,1-3H3. The Balaban J connectivity index is 1.03. The largest absolute Gasteiger partial charge is 0.493 e. The lowest BCUT2D eigenvalue weighted by Gasteiger charge is -2.18.